The van der Waals surface area contributed by atoms with Gasteiger partial charge in [0, 0.05) is 34.7 Å². The quantitative estimate of drug-likeness (QED) is 0.302. The number of aromatic amines is 1. The summed E-state index contributed by atoms with van der Waals surface area (Å²) in [5.74, 6) is -0.637. The molecule has 2 amide bonds. The standard InChI is InChI=1S/C33H29N5O5/c39-28-19-23(43-38(28)29-16-8-9-17-42-29)20-37-27-15-7-5-13-24(27)30(21-10-2-1-3-11-21)35-31(33(37)41)36-32(40)26-18-22-12-4-6-14-25(22)34-26/h1-7,10-15,18-19,29,31,34H,8-9,16-17,20H2,(H,36,40)/t29?,31-/m1/s1. The van der Waals surface area contributed by atoms with Crippen LogP contribution in [0.2, 0.25) is 0 Å². The van der Waals surface area contributed by atoms with Crippen molar-refractivity contribution in [2.45, 2.75) is 38.2 Å². The van der Waals surface area contributed by atoms with Gasteiger partial charge in [0.15, 0.2) is 12.0 Å². The number of H-pyrrole nitrogens is 1. The molecule has 10 heteroatoms. The molecule has 7 rings (SSSR count). The number of hydrogen-bond acceptors (Lipinski definition) is 6. The third-order valence-electron chi connectivity index (χ3n) is 7.75. The van der Waals surface area contributed by atoms with Crippen LogP contribution in [0.5, 0.6) is 0 Å². The molecule has 1 saturated heterocycles. The fraction of sp³-hybridized carbons (Fsp3) is 0.212. The smallest absolute Gasteiger partial charge is 0.285 e. The molecule has 4 heterocycles. The highest BCUT2D eigenvalue weighted by atomic mass is 16.6. The van der Waals surface area contributed by atoms with Gasteiger partial charge in [0.1, 0.15) is 5.69 Å². The lowest BCUT2D eigenvalue weighted by molar-refractivity contribution is -0.120. The molecule has 216 valence electrons. The number of rotatable bonds is 6. The topological polar surface area (TPSA) is 122 Å². The van der Waals surface area contributed by atoms with E-state index in [1.807, 2.05) is 78.9 Å². The van der Waals surface area contributed by atoms with Gasteiger partial charge < -0.3 is 24.5 Å². The van der Waals surface area contributed by atoms with Crippen molar-refractivity contribution in [2.75, 3.05) is 11.5 Å². The fourth-order valence-corrected chi connectivity index (χ4v) is 5.65. The zero-order valence-electron chi connectivity index (χ0n) is 23.2. The number of para-hydroxylation sites is 2. The van der Waals surface area contributed by atoms with Gasteiger partial charge in [-0.3, -0.25) is 14.4 Å². The van der Waals surface area contributed by atoms with E-state index in [4.69, 9.17) is 14.3 Å². The Morgan fingerprint density at radius 3 is 2.56 bits per heavy atom. The lowest BCUT2D eigenvalue weighted by Gasteiger charge is -2.25. The highest BCUT2D eigenvalue weighted by Gasteiger charge is 2.34. The maximum atomic E-state index is 14.3. The lowest BCUT2D eigenvalue weighted by Crippen LogP contribution is -2.47. The minimum Gasteiger partial charge on any atom is -0.376 e. The van der Waals surface area contributed by atoms with Crippen LogP contribution in [-0.2, 0) is 16.1 Å². The number of carbonyl (C=O) groups excluding carboxylic acids is 2. The third-order valence-corrected chi connectivity index (χ3v) is 7.75. The van der Waals surface area contributed by atoms with E-state index in [0.29, 0.717) is 41.4 Å². The molecule has 0 bridgehead atoms. The summed E-state index contributed by atoms with van der Waals surface area (Å²) in [6.45, 7) is 0.517. The molecule has 0 radical (unpaired) electrons. The number of amides is 2. The maximum Gasteiger partial charge on any atom is 0.285 e. The lowest BCUT2D eigenvalue weighted by atomic mass is 10.0. The molecule has 1 fully saturated rings. The minimum absolute atomic E-state index is 0.0405. The van der Waals surface area contributed by atoms with Crippen LogP contribution in [0, 0.1) is 0 Å². The number of ether oxygens (including phenoxy) is 1. The van der Waals surface area contributed by atoms with Crippen molar-refractivity contribution in [1.82, 2.24) is 15.0 Å². The van der Waals surface area contributed by atoms with E-state index < -0.39 is 24.2 Å². The molecule has 2 atom stereocenters. The molecule has 2 aliphatic heterocycles. The van der Waals surface area contributed by atoms with Gasteiger partial charge in [0.25, 0.3) is 17.4 Å². The first kappa shape index (κ1) is 26.7. The van der Waals surface area contributed by atoms with Crippen molar-refractivity contribution in [1.29, 1.82) is 0 Å². The van der Waals surface area contributed by atoms with Gasteiger partial charge in [-0.05, 0) is 37.5 Å². The minimum atomic E-state index is -1.25. The maximum absolute atomic E-state index is 14.3. The second kappa shape index (κ2) is 11.2. The number of benzodiazepines with no additional fused rings is 1. The molecular weight excluding hydrogens is 546 g/mol. The Kier molecular flexibility index (Phi) is 6.96. The van der Waals surface area contributed by atoms with E-state index >= 15 is 0 Å². The highest BCUT2D eigenvalue weighted by Crippen LogP contribution is 2.30. The Bertz CT molecular complexity index is 1860. The molecule has 0 saturated carbocycles. The van der Waals surface area contributed by atoms with Crippen molar-refractivity contribution in [3.63, 3.8) is 0 Å². The van der Waals surface area contributed by atoms with Crippen LogP contribution in [0.25, 0.3) is 10.9 Å². The van der Waals surface area contributed by atoms with Gasteiger partial charge in [-0.1, -0.05) is 66.7 Å². The summed E-state index contributed by atoms with van der Waals surface area (Å²) in [4.78, 5) is 50.1. The first-order valence-corrected chi connectivity index (χ1v) is 14.3. The van der Waals surface area contributed by atoms with Gasteiger partial charge in [-0.25, -0.2) is 4.99 Å². The number of benzene rings is 3. The molecule has 10 nitrogen and oxygen atoms in total. The summed E-state index contributed by atoms with van der Waals surface area (Å²) in [5, 5.41) is 3.72. The van der Waals surface area contributed by atoms with E-state index in [-0.39, 0.29) is 12.1 Å². The van der Waals surface area contributed by atoms with E-state index in [1.54, 1.807) is 6.07 Å². The van der Waals surface area contributed by atoms with Crippen LogP contribution in [0.3, 0.4) is 0 Å². The predicted octanol–water partition coefficient (Wildman–Crippen LogP) is 4.76. The summed E-state index contributed by atoms with van der Waals surface area (Å²) in [7, 11) is 0. The van der Waals surface area contributed by atoms with Crippen molar-refractivity contribution in [2.24, 2.45) is 4.99 Å². The van der Waals surface area contributed by atoms with Gasteiger partial charge in [0.2, 0.25) is 6.17 Å². The Morgan fingerprint density at radius 2 is 1.74 bits per heavy atom. The van der Waals surface area contributed by atoms with Crippen LogP contribution >= 0.6 is 0 Å². The second-order valence-corrected chi connectivity index (χ2v) is 10.6. The molecule has 1 unspecified atom stereocenters. The van der Waals surface area contributed by atoms with Crippen LogP contribution in [-0.4, -0.2) is 40.0 Å². The Labute approximate surface area is 246 Å². The van der Waals surface area contributed by atoms with Gasteiger partial charge in [0.05, 0.1) is 17.9 Å². The molecule has 2 N–H and O–H groups in total. The number of aliphatic imine (C=N–C) groups is 1. The number of carbonyl (C=O) groups is 2. The zero-order chi connectivity index (χ0) is 29.3. The van der Waals surface area contributed by atoms with Gasteiger partial charge >= 0.3 is 0 Å². The van der Waals surface area contributed by atoms with Crippen molar-refractivity contribution in [3.8, 4) is 0 Å². The van der Waals surface area contributed by atoms with E-state index in [0.717, 1.165) is 29.3 Å². The first-order chi connectivity index (χ1) is 21.0. The summed E-state index contributed by atoms with van der Waals surface area (Å²) in [6.07, 6.45) is 0.819. The molecule has 0 spiro atoms. The molecule has 3 aromatic carbocycles. The molecule has 43 heavy (non-hydrogen) atoms. The second-order valence-electron chi connectivity index (χ2n) is 10.6. The molecule has 5 aromatic rings. The number of hydrogen-bond donors (Lipinski definition) is 2. The average Bonchev–Trinajstić information content (AvgIpc) is 3.63. The van der Waals surface area contributed by atoms with E-state index in [1.165, 1.54) is 15.7 Å². The third kappa shape index (κ3) is 5.17. The number of fused-ring (bicyclic) bond motifs is 2. The highest BCUT2D eigenvalue weighted by molar-refractivity contribution is 6.20. The van der Waals surface area contributed by atoms with Gasteiger partial charge in [-0.2, -0.15) is 0 Å². The summed E-state index contributed by atoms with van der Waals surface area (Å²) < 4.78 is 12.9. The number of anilines is 1. The monoisotopic (exact) mass is 575 g/mol. The van der Waals surface area contributed by atoms with Gasteiger partial charge in [-0.15, -0.1) is 4.74 Å². The number of nitrogens with zero attached hydrogens (tertiary/aromatic N) is 3. The molecule has 2 aliphatic rings. The summed E-state index contributed by atoms with van der Waals surface area (Å²) in [5.41, 5.74) is 3.44. The van der Waals surface area contributed by atoms with Crippen LogP contribution in [0.15, 0.2) is 105 Å². The van der Waals surface area contributed by atoms with Crippen LogP contribution in [0.4, 0.5) is 5.69 Å². The fourth-order valence-electron chi connectivity index (χ4n) is 5.65. The number of aromatic nitrogens is 2. The largest absolute Gasteiger partial charge is 0.376 e. The Hall–Kier alpha value is -5.22. The first-order valence-electron chi connectivity index (χ1n) is 14.3. The Morgan fingerprint density at radius 1 is 0.953 bits per heavy atom. The van der Waals surface area contributed by atoms with Crippen molar-refractivity contribution < 1.29 is 18.8 Å². The Balaban J connectivity index is 1.28. The van der Waals surface area contributed by atoms with Crippen LogP contribution < -0.4 is 15.8 Å². The predicted molar refractivity (Wildman–Crippen MR) is 161 cm³/mol. The van der Waals surface area contributed by atoms with E-state index in [2.05, 4.69) is 10.3 Å². The zero-order valence-corrected chi connectivity index (χ0v) is 23.2. The van der Waals surface area contributed by atoms with Crippen LogP contribution in [0.1, 0.15) is 52.9 Å². The summed E-state index contributed by atoms with van der Waals surface area (Å²) in [6, 6.07) is 27.6. The van der Waals surface area contributed by atoms with Crippen molar-refractivity contribution >= 4 is 34.1 Å². The molecule has 2 aromatic heterocycles. The van der Waals surface area contributed by atoms with E-state index in [9.17, 15) is 14.4 Å². The SMILES string of the molecule is O=C(N[C@H]1N=C(c2ccccc2)c2ccccc2N(Cc2cc(=O)n(C3CCCCO3)o2)C1=O)c1cc2ccccc2[nH]1. The summed E-state index contributed by atoms with van der Waals surface area (Å²) >= 11 is 0. The normalized spacial score (nSPS) is 18.7. The molecule has 0 aliphatic carbocycles. The average molecular weight is 576 g/mol. The van der Waals surface area contributed by atoms with Crippen molar-refractivity contribution in [3.05, 3.63) is 124 Å². The molecular formula is C33H29N5O5. The number of nitrogens with one attached hydrogen (secondary N) is 2.